The largest absolute Gasteiger partial charge is 0.481 e. The number of aliphatic carboxylic acids is 1. The minimum Gasteiger partial charge on any atom is -0.481 e. The third kappa shape index (κ3) is 6.93. The van der Waals surface area contributed by atoms with E-state index < -0.39 is 25.7 Å². The van der Waals surface area contributed by atoms with E-state index in [9.17, 15) is 14.7 Å². The van der Waals surface area contributed by atoms with E-state index in [1.165, 1.54) is 4.90 Å². The second-order valence-corrected chi connectivity index (χ2v) is 13.1. The summed E-state index contributed by atoms with van der Waals surface area (Å²) in [6.07, 6.45) is -0.615. The maximum Gasteiger partial charge on any atom is 0.414 e. The van der Waals surface area contributed by atoms with Gasteiger partial charge in [0.1, 0.15) is 13.7 Å². The molecule has 0 saturated heterocycles. The van der Waals surface area contributed by atoms with E-state index in [1.54, 1.807) is 33.9 Å². The SMILES string of the molecule is Cc1c(C#C[Si](C)(C)C)cc(N(C)C(=O)OC(C)(C)C)cc1CC(=O)O. The van der Waals surface area contributed by atoms with E-state index in [2.05, 4.69) is 31.1 Å². The summed E-state index contributed by atoms with van der Waals surface area (Å²) in [7, 11) is 0.0170. The van der Waals surface area contributed by atoms with Gasteiger partial charge >= 0.3 is 12.1 Å². The first kappa shape index (κ1) is 21.8. The van der Waals surface area contributed by atoms with Crippen molar-refractivity contribution in [3.63, 3.8) is 0 Å². The summed E-state index contributed by atoms with van der Waals surface area (Å²) in [5.41, 5.74) is 5.48. The van der Waals surface area contributed by atoms with Crippen LogP contribution in [0.1, 0.15) is 37.5 Å². The van der Waals surface area contributed by atoms with E-state index >= 15 is 0 Å². The highest BCUT2D eigenvalue weighted by Gasteiger charge is 2.22. The van der Waals surface area contributed by atoms with Crippen LogP contribution in [0.3, 0.4) is 0 Å². The lowest BCUT2D eigenvalue weighted by Crippen LogP contribution is -2.34. The normalized spacial score (nSPS) is 11.4. The Morgan fingerprint density at radius 1 is 1.23 bits per heavy atom. The molecule has 0 heterocycles. The molecule has 1 rings (SSSR count). The molecule has 1 amide bonds. The number of hydrogen-bond acceptors (Lipinski definition) is 3. The standard InChI is InChI=1S/C20H29NO4Si/c1-14-15(9-10-26(6,7)8)11-17(12-16(14)13-18(22)23)21(5)19(24)25-20(2,3)4/h11-12H,13H2,1-8H3,(H,22,23). The van der Waals surface area contributed by atoms with Gasteiger partial charge in [0.05, 0.1) is 6.42 Å². The summed E-state index contributed by atoms with van der Waals surface area (Å²) in [4.78, 5) is 25.0. The van der Waals surface area contributed by atoms with Crippen molar-refractivity contribution in [3.05, 3.63) is 28.8 Å². The highest BCUT2D eigenvalue weighted by molar-refractivity contribution is 6.83. The fourth-order valence-electron chi connectivity index (χ4n) is 2.12. The first-order valence-corrected chi connectivity index (χ1v) is 12.0. The van der Waals surface area contributed by atoms with Crippen molar-refractivity contribution >= 4 is 25.8 Å². The molecule has 0 spiro atoms. The van der Waals surface area contributed by atoms with Crippen LogP contribution in [-0.2, 0) is 16.0 Å². The predicted octanol–water partition coefficient (Wildman–Crippen LogP) is 4.22. The molecule has 0 bridgehead atoms. The minimum absolute atomic E-state index is 0.122. The molecule has 0 aliphatic rings. The quantitative estimate of drug-likeness (QED) is 0.634. The molecule has 6 heteroatoms. The Hall–Kier alpha value is -2.26. The zero-order valence-electron chi connectivity index (χ0n) is 17.0. The van der Waals surface area contributed by atoms with Crippen LogP contribution < -0.4 is 4.90 Å². The van der Waals surface area contributed by atoms with Crippen LogP contribution in [0.5, 0.6) is 0 Å². The van der Waals surface area contributed by atoms with Crippen LogP contribution in [0.25, 0.3) is 0 Å². The summed E-state index contributed by atoms with van der Waals surface area (Å²) >= 11 is 0. The summed E-state index contributed by atoms with van der Waals surface area (Å²) in [5, 5.41) is 9.20. The van der Waals surface area contributed by atoms with Gasteiger partial charge in [-0.25, -0.2) is 4.79 Å². The summed E-state index contributed by atoms with van der Waals surface area (Å²) in [6, 6.07) is 3.53. The highest BCUT2D eigenvalue weighted by Crippen LogP contribution is 2.25. The van der Waals surface area contributed by atoms with Crippen molar-refractivity contribution in [3.8, 4) is 11.5 Å². The molecule has 5 nitrogen and oxygen atoms in total. The van der Waals surface area contributed by atoms with Gasteiger partial charge in [-0.3, -0.25) is 9.69 Å². The Bertz CT molecular complexity index is 761. The van der Waals surface area contributed by atoms with Gasteiger partial charge in [0.15, 0.2) is 0 Å². The number of carbonyl (C=O) groups excluding carboxylic acids is 1. The van der Waals surface area contributed by atoms with Crippen LogP contribution >= 0.6 is 0 Å². The molecule has 26 heavy (non-hydrogen) atoms. The number of anilines is 1. The number of carboxylic acid groups (broad SMARTS) is 1. The van der Waals surface area contributed by atoms with Gasteiger partial charge < -0.3 is 9.84 Å². The molecule has 0 aromatic heterocycles. The molecule has 0 aliphatic carbocycles. The minimum atomic E-state index is -1.59. The molecule has 0 fully saturated rings. The van der Waals surface area contributed by atoms with E-state index in [0.29, 0.717) is 11.3 Å². The van der Waals surface area contributed by atoms with Crippen LogP contribution in [0.4, 0.5) is 10.5 Å². The number of nitrogens with zero attached hydrogens (tertiary/aromatic N) is 1. The topological polar surface area (TPSA) is 66.8 Å². The van der Waals surface area contributed by atoms with Gasteiger partial charge in [-0.05, 0) is 51.0 Å². The maximum atomic E-state index is 12.4. The maximum absolute atomic E-state index is 12.4. The Kier molecular flexibility index (Phi) is 6.67. The van der Waals surface area contributed by atoms with Crippen LogP contribution in [0.2, 0.25) is 19.6 Å². The molecule has 142 valence electrons. The zero-order chi connectivity index (χ0) is 20.3. The second kappa shape index (κ2) is 7.96. The number of ether oxygens (including phenoxy) is 1. The number of benzene rings is 1. The molecular weight excluding hydrogens is 346 g/mol. The predicted molar refractivity (Wildman–Crippen MR) is 107 cm³/mol. The number of carboxylic acids is 1. The van der Waals surface area contributed by atoms with Crippen molar-refractivity contribution in [1.82, 2.24) is 0 Å². The van der Waals surface area contributed by atoms with Gasteiger partial charge in [-0.15, -0.1) is 5.54 Å². The first-order valence-electron chi connectivity index (χ1n) is 8.55. The van der Waals surface area contributed by atoms with Crippen LogP contribution in [0.15, 0.2) is 12.1 Å². The third-order valence-electron chi connectivity index (χ3n) is 3.47. The lowest BCUT2D eigenvalue weighted by Gasteiger charge is -2.25. The van der Waals surface area contributed by atoms with Gasteiger partial charge in [0, 0.05) is 18.3 Å². The fourth-order valence-corrected chi connectivity index (χ4v) is 2.63. The lowest BCUT2D eigenvalue weighted by atomic mass is 9.99. The molecule has 0 saturated carbocycles. The highest BCUT2D eigenvalue weighted by atomic mass is 28.3. The van der Waals surface area contributed by atoms with Gasteiger partial charge in [-0.2, -0.15) is 0 Å². The van der Waals surface area contributed by atoms with E-state index in [-0.39, 0.29) is 6.42 Å². The second-order valence-electron chi connectivity index (χ2n) is 8.39. The van der Waals surface area contributed by atoms with Crippen molar-refractivity contribution in [2.45, 2.75) is 59.4 Å². The van der Waals surface area contributed by atoms with Crippen molar-refractivity contribution in [2.75, 3.05) is 11.9 Å². The molecule has 0 aliphatic heterocycles. The molecule has 0 atom stereocenters. The number of carbonyl (C=O) groups is 2. The monoisotopic (exact) mass is 375 g/mol. The summed E-state index contributed by atoms with van der Waals surface area (Å²) < 4.78 is 5.40. The van der Waals surface area contributed by atoms with Gasteiger partial charge in [-0.1, -0.05) is 25.6 Å². The molecule has 0 radical (unpaired) electrons. The lowest BCUT2D eigenvalue weighted by molar-refractivity contribution is -0.136. The molecule has 0 unspecified atom stereocenters. The molecule has 1 aromatic rings. The van der Waals surface area contributed by atoms with E-state index in [1.807, 2.05) is 13.0 Å². The smallest absolute Gasteiger partial charge is 0.414 e. The van der Waals surface area contributed by atoms with E-state index in [0.717, 1.165) is 11.1 Å². The van der Waals surface area contributed by atoms with Gasteiger partial charge in [0.2, 0.25) is 0 Å². The number of rotatable bonds is 3. The Morgan fingerprint density at radius 3 is 2.27 bits per heavy atom. The van der Waals surface area contributed by atoms with Gasteiger partial charge in [0.25, 0.3) is 0 Å². The fraction of sp³-hybridized carbons (Fsp3) is 0.500. The van der Waals surface area contributed by atoms with Crippen LogP contribution in [-0.4, -0.2) is 37.9 Å². The van der Waals surface area contributed by atoms with E-state index in [4.69, 9.17) is 4.74 Å². The number of hydrogen-bond donors (Lipinski definition) is 1. The van der Waals surface area contributed by atoms with Crippen molar-refractivity contribution in [2.24, 2.45) is 0 Å². The Morgan fingerprint density at radius 2 is 1.81 bits per heavy atom. The Balaban J connectivity index is 3.40. The Labute approximate surface area is 157 Å². The summed E-state index contributed by atoms with van der Waals surface area (Å²) in [6.45, 7) is 13.7. The molecule has 1 aromatic carbocycles. The van der Waals surface area contributed by atoms with Crippen molar-refractivity contribution < 1.29 is 19.4 Å². The summed E-state index contributed by atoms with van der Waals surface area (Å²) in [5.74, 6) is 2.27. The third-order valence-corrected chi connectivity index (χ3v) is 4.34. The number of amides is 1. The van der Waals surface area contributed by atoms with Crippen LogP contribution in [0, 0.1) is 18.4 Å². The zero-order valence-corrected chi connectivity index (χ0v) is 18.0. The molecule has 1 N–H and O–H groups in total. The average molecular weight is 376 g/mol. The molecular formula is C20H29NO4Si. The first-order chi connectivity index (χ1) is 11.7. The van der Waals surface area contributed by atoms with Crippen molar-refractivity contribution in [1.29, 1.82) is 0 Å². The average Bonchev–Trinajstić information content (AvgIpc) is 2.44.